The van der Waals surface area contributed by atoms with Gasteiger partial charge in [0.05, 0.1) is 11.3 Å². The van der Waals surface area contributed by atoms with Crippen molar-refractivity contribution in [2.75, 3.05) is 0 Å². The van der Waals surface area contributed by atoms with Crippen LogP contribution in [-0.2, 0) is 6.18 Å². The Morgan fingerprint density at radius 3 is 2.36 bits per heavy atom. The van der Waals surface area contributed by atoms with Crippen molar-refractivity contribution < 1.29 is 17.6 Å². The molecule has 0 N–H and O–H groups in total. The Kier molecular flexibility index (Phi) is 3.46. The number of hydrogen-bond donors (Lipinski definition) is 0. The van der Waals surface area contributed by atoms with Gasteiger partial charge in [-0.05, 0) is 34.7 Å². The van der Waals surface area contributed by atoms with Crippen LogP contribution in [0, 0.1) is 0 Å². The lowest BCUT2D eigenvalue weighted by Crippen LogP contribution is -2.05. The molecule has 0 spiro atoms. The van der Waals surface area contributed by atoms with Crippen LogP contribution in [-0.4, -0.2) is 4.98 Å². The molecule has 1 aromatic rings. The maximum absolute atomic E-state index is 12.8. The highest BCUT2D eigenvalue weighted by Gasteiger charge is 2.30. The summed E-state index contributed by atoms with van der Waals surface area (Å²) in [7, 11) is 0. The van der Waals surface area contributed by atoms with Gasteiger partial charge in [-0.2, -0.15) is 13.2 Å². The van der Waals surface area contributed by atoms with E-state index in [-0.39, 0.29) is 5.69 Å². The first-order chi connectivity index (χ1) is 6.45. The molecule has 0 fully saturated rings. The van der Waals surface area contributed by atoms with Gasteiger partial charge in [0.2, 0.25) is 0 Å². The molecular formula is C8H4F4IN. The molecule has 1 aromatic heterocycles. The number of aromatic nitrogens is 1. The van der Waals surface area contributed by atoms with Gasteiger partial charge in [-0.1, -0.05) is 0 Å². The molecule has 0 unspecified atom stereocenters. The van der Waals surface area contributed by atoms with Crippen molar-refractivity contribution >= 4 is 28.4 Å². The van der Waals surface area contributed by atoms with Crippen LogP contribution in [0.2, 0.25) is 0 Å². The maximum Gasteiger partial charge on any atom is 0.417 e. The van der Waals surface area contributed by atoms with Crippen molar-refractivity contribution in [1.29, 1.82) is 0 Å². The SMILES string of the molecule is F/C(=C\I)c1ccc(C(F)(F)F)cn1. The van der Waals surface area contributed by atoms with Crippen LogP contribution in [0.5, 0.6) is 0 Å². The van der Waals surface area contributed by atoms with Crippen molar-refractivity contribution in [2.24, 2.45) is 0 Å². The van der Waals surface area contributed by atoms with Gasteiger partial charge in [-0.3, -0.25) is 4.98 Å². The molecule has 1 rings (SSSR count). The first kappa shape index (κ1) is 11.4. The van der Waals surface area contributed by atoms with E-state index in [4.69, 9.17) is 0 Å². The number of hydrogen-bond acceptors (Lipinski definition) is 1. The van der Waals surface area contributed by atoms with Crippen molar-refractivity contribution in [3.63, 3.8) is 0 Å². The van der Waals surface area contributed by atoms with Gasteiger partial charge in [0.25, 0.3) is 0 Å². The quantitative estimate of drug-likeness (QED) is 0.567. The van der Waals surface area contributed by atoms with Crippen LogP contribution < -0.4 is 0 Å². The third-order valence-corrected chi connectivity index (χ3v) is 1.98. The van der Waals surface area contributed by atoms with Crippen molar-refractivity contribution in [3.05, 3.63) is 33.7 Å². The first-order valence-electron chi connectivity index (χ1n) is 3.44. The normalized spacial score (nSPS) is 13.1. The van der Waals surface area contributed by atoms with Crippen LogP contribution in [0.25, 0.3) is 5.83 Å². The molecule has 0 bridgehead atoms. The lowest BCUT2D eigenvalue weighted by Gasteiger charge is -2.05. The third-order valence-electron chi connectivity index (χ3n) is 1.43. The van der Waals surface area contributed by atoms with Crippen LogP contribution in [0.1, 0.15) is 11.3 Å². The van der Waals surface area contributed by atoms with Gasteiger partial charge in [0, 0.05) is 10.3 Å². The number of pyridine rings is 1. The summed E-state index contributed by atoms with van der Waals surface area (Å²) < 4.78 is 50.1. The first-order valence-corrected chi connectivity index (χ1v) is 4.69. The van der Waals surface area contributed by atoms with Crippen molar-refractivity contribution in [3.8, 4) is 0 Å². The second-order valence-corrected chi connectivity index (χ2v) is 3.01. The Balaban J connectivity index is 3.01. The van der Waals surface area contributed by atoms with Crippen LogP contribution in [0.4, 0.5) is 17.6 Å². The highest BCUT2D eigenvalue weighted by Crippen LogP contribution is 2.29. The zero-order chi connectivity index (χ0) is 10.8. The van der Waals surface area contributed by atoms with E-state index in [9.17, 15) is 17.6 Å². The van der Waals surface area contributed by atoms with E-state index >= 15 is 0 Å². The fourth-order valence-corrected chi connectivity index (χ4v) is 1.08. The Bertz CT molecular complexity index is 341. The summed E-state index contributed by atoms with van der Waals surface area (Å²) in [5.74, 6) is -0.653. The minimum absolute atomic E-state index is 0.104. The molecule has 0 aliphatic rings. The molecule has 76 valence electrons. The number of alkyl halides is 3. The smallest absolute Gasteiger partial charge is 0.253 e. The fourth-order valence-electron chi connectivity index (χ4n) is 0.759. The minimum atomic E-state index is -4.43. The molecule has 1 nitrogen and oxygen atoms in total. The minimum Gasteiger partial charge on any atom is -0.253 e. The summed E-state index contributed by atoms with van der Waals surface area (Å²) >= 11 is 1.64. The van der Waals surface area contributed by atoms with Crippen LogP contribution in [0.3, 0.4) is 0 Å². The van der Waals surface area contributed by atoms with E-state index in [1.165, 1.54) is 0 Å². The lowest BCUT2D eigenvalue weighted by atomic mass is 10.2. The van der Waals surface area contributed by atoms with Gasteiger partial charge >= 0.3 is 6.18 Å². The molecule has 0 atom stereocenters. The van der Waals surface area contributed by atoms with E-state index in [1.54, 1.807) is 22.6 Å². The van der Waals surface area contributed by atoms with E-state index in [0.717, 1.165) is 16.2 Å². The molecule has 0 saturated carbocycles. The average Bonchev–Trinajstić information content (AvgIpc) is 2.15. The molecule has 0 aromatic carbocycles. The average molecular weight is 317 g/mol. The van der Waals surface area contributed by atoms with Gasteiger partial charge in [-0.25, -0.2) is 4.39 Å². The molecule has 0 saturated heterocycles. The summed E-state index contributed by atoms with van der Waals surface area (Å²) in [5.41, 5.74) is -0.991. The monoisotopic (exact) mass is 317 g/mol. The predicted octanol–water partition coefficient (Wildman–Crippen LogP) is 3.80. The van der Waals surface area contributed by atoms with E-state index in [2.05, 4.69) is 4.98 Å². The number of nitrogens with zero attached hydrogens (tertiary/aromatic N) is 1. The molecule has 6 heteroatoms. The van der Waals surface area contributed by atoms with Gasteiger partial charge in [0.15, 0.2) is 5.83 Å². The van der Waals surface area contributed by atoms with E-state index in [1.807, 2.05) is 0 Å². The Morgan fingerprint density at radius 2 is 2.00 bits per heavy atom. The summed E-state index contributed by atoms with van der Waals surface area (Å²) in [6.45, 7) is 0. The second-order valence-electron chi connectivity index (χ2n) is 2.39. The van der Waals surface area contributed by atoms with E-state index < -0.39 is 17.6 Å². The molecule has 0 aliphatic carbocycles. The topological polar surface area (TPSA) is 12.9 Å². The standard InChI is InChI=1S/C8H4F4IN/c9-6(3-13)7-2-1-5(4-14-7)8(10,11)12/h1-4H/b6-3-. The van der Waals surface area contributed by atoms with Crippen molar-refractivity contribution in [2.45, 2.75) is 6.18 Å². The van der Waals surface area contributed by atoms with Gasteiger partial charge in [0.1, 0.15) is 0 Å². The molecule has 0 radical (unpaired) electrons. The Hall–Kier alpha value is -0.660. The second kappa shape index (κ2) is 4.24. The van der Waals surface area contributed by atoms with E-state index in [0.29, 0.717) is 6.20 Å². The Labute approximate surface area is 91.0 Å². The van der Waals surface area contributed by atoms with Gasteiger partial charge in [-0.15, -0.1) is 0 Å². The molecule has 0 amide bonds. The molecule has 14 heavy (non-hydrogen) atoms. The highest BCUT2D eigenvalue weighted by atomic mass is 127. The molecule has 0 aliphatic heterocycles. The number of halogens is 5. The summed E-state index contributed by atoms with van der Waals surface area (Å²) in [6.07, 6.45) is -3.83. The summed E-state index contributed by atoms with van der Waals surface area (Å²) in [4.78, 5) is 3.35. The highest BCUT2D eigenvalue weighted by molar-refractivity contribution is 14.1. The lowest BCUT2D eigenvalue weighted by molar-refractivity contribution is -0.137. The summed E-state index contributed by atoms with van der Waals surface area (Å²) in [6, 6.07) is 1.79. The van der Waals surface area contributed by atoms with Crippen LogP contribution in [0.15, 0.2) is 22.4 Å². The van der Waals surface area contributed by atoms with Crippen LogP contribution >= 0.6 is 22.6 Å². The third kappa shape index (κ3) is 2.66. The zero-order valence-electron chi connectivity index (χ0n) is 6.65. The number of rotatable bonds is 1. The molecule has 1 heterocycles. The summed E-state index contributed by atoms with van der Waals surface area (Å²) in [5, 5.41) is 0. The Morgan fingerprint density at radius 1 is 1.36 bits per heavy atom. The molecular weight excluding hydrogens is 313 g/mol. The predicted molar refractivity (Wildman–Crippen MR) is 52.3 cm³/mol. The van der Waals surface area contributed by atoms with Gasteiger partial charge < -0.3 is 0 Å². The fraction of sp³-hybridized carbons (Fsp3) is 0.125. The maximum atomic E-state index is 12.8. The van der Waals surface area contributed by atoms with Crippen molar-refractivity contribution in [1.82, 2.24) is 4.98 Å². The largest absolute Gasteiger partial charge is 0.417 e. The zero-order valence-corrected chi connectivity index (χ0v) is 8.80.